The molecule has 4 rings (SSSR count). The molecule has 2 heterocycles. The van der Waals surface area contributed by atoms with Crippen LogP contribution in [0, 0.1) is 0 Å². The minimum atomic E-state index is 0.0858. The second-order valence-corrected chi connectivity index (χ2v) is 8.71. The van der Waals surface area contributed by atoms with Crippen LogP contribution in [0.2, 0.25) is 0 Å². The van der Waals surface area contributed by atoms with Gasteiger partial charge in [-0.2, -0.15) is 0 Å². The first kappa shape index (κ1) is 22.5. The Bertz CT molecular complexity index is 888. The Kier molecular flexibility index (Phi) is 7.91. The zero-order valence-electron chi connectivity index (χ0n) is 18.7. The lowest BCUT2D eigenvalue weighted by molar-refractivity contribution is -0.122. The molecule has 6 heteroatoms. The summed E-state index contributed by atoms with van der Waals surface area (Å²) in [5.41, 5.74) is 3.10. The fourth-order valence-electron chi connectivity index (χ4n) is 4.43. The molecule has 2 aromatic rings. The third kappa shape index (κ3) is 6.40. The Morgan fingerprint density at radius 3 is 2.38 bits per heavy atom. The average molecular weight is 436 g/mol. The number of carbonyl (C=O) groups excluding carboxylic acids is 2. The minimum absolute atomic E-state index is 0.0858. The van der Waals surface area contributed by atoms with Crippen LogP contribution in [-0.2, 0) is 22.5 Å². The smallest absolute Gasteiger partial charge is 0.253 e. The first-order valence-electron chi connectivity index (χ1n) is 11.7. The molecule has 170 valence electrons. The topological polar surface area (TPSA) is 61.9 Å². The molecular weight excluding hydrogens is 402 g/mol. The highest BCUT2D eigenvalue weighted by Crippen LogP contribution is 2.17. The lowest BCUT2D eigenvalue weighted by atomic mass is 10.0. The molecular formula is C26H33N3O3. The first-order valence-corrected chi connectivity index (χ1v) is 11.7. The van der Waals surface area contributed by atoms with Crippen LogP contribution in [0.15, 0.2) is 54.6 Å². The predicted molar refractivity (Wildman–Crippen MR) is 124 cm³/mol. The molecule has 1 N–H and O–H groups in total. The van der Waals surface area contributed by atoms with Crippen LogP contribution in [0.4, 0.5) is 0 Å². The molecule has 0 spiro atoms. The quantitative estimate of drug-likeness (QED) is 0.727. The number of carbonyl (C=O) groups is 2. The zero-order chi connectivity index (χ0) is 22.2. The highest BCUT2D eigenvalue weighted by Gasteiger charge is 2.25. The lowest BCUT2D eigenvalue weighted by Gasteiger charge is -2.32. The van der Waals surface area contributed by atoms with Crippen molar-refractivity contribution in [1.82, 2.24) is 15.1 Å². The molecule has 0 bridgehead atoms. The summed E-state index contributed by atoms with van der Waals surface area (Å²) < 4.78 is 5.42. The van der Waals surface area contributed by atoms with E-state index >= 15 is 0 Å². The maximum atomic E-state index is 13.0. The molecule has 0 aliphatic carbocycles. The Balaban J connectivity index is 1.22. The number of hydrogen-bond acceptors (Lipinski definition) is 4. The molecule has 2 amide bonds. The van der Waals surface area contributed by atoms with Gasteiger partial charge in [0.2, 0.25) is 5.91 Å². The molecule has 2 aromatic carbocycles. The number of aryl methyl sites for hydroxylation is 1. The van der Waals surface area contributed by atoms with Crippen molar-refractivity contribution in [2.24, 2.45) is 0 Å². The third-order valence-electron chi connectivity index (χ3n) is 6.31. The van der Waals surface area contributed by atoms with Crippen LogP contribution in [0.1, 0.15) is 40.7 Å². The Morgan fingerprint density at radius 1 is 0.906 bits per heavy atom. The van der Waals surface area contributed by atoms with Gasteiger partial charge in [-0.1, -0.05) is 42.5 Å². The fraction of sp³-hybridized carbons (Fsp3) is 0.462. The van der Waals surface area contributed by atoms with E-state index in [-0.39, 0.29) is 17.9 Å². The Labute approximate surface area is 190 Å². The first-order chi connectivity index (χ1) is 15.7. The number of amides is 2. The average Bonchev–Trinajstić information content (AvgIpc) is 2.84. The van der Waals surface area contributed by atoms with Crippen LogP contribution in [-0.4, -0.2) is 67.0 Å². The van der Waals surface area contributed by atoms with Gasteiger partial charge in [0.15, 0.2) is 0 Å². The highest BCUT2D eigenvalue weighted by molar-refractivity contribution is 5.94. The van der Waals surface area contributed by atoms with Crippen LogP contribution in [0.25, 0.3) is 0 Å². The number of piperidine rings is 1. The zero-order valence-corrected chi connectivity index (χ0v) is 18.7. The number of ether oxygens (including phenoxy) is 1. The van der Waals surface area contributed by atoms with Gasteiger partial charge in [0.05, 0.1) is 13.2 Å². The lowest BCUT2D eigenvalue weighted by Crippen LogP contribution is -2.46. The number of hydrogen-bond donors (Lipinski definition) is 1. The molecule has 0 saturated carbocycles. The number of morpholine rings is 1. The van der Waals surface area contributed by atoms with Gasteiger partial charge in [-0.05, 0) is 42.5 Å². The van der Waals surface area contributed by atoms with Crippen LogP contribution < -0.4 is 5.32 Å². The van der Waals surface area contributed by atoms with Crippen LogP contribution in [0.3, 0.4) is 0 Å². The van der Waals surface area contributed by atoms with Gasteiger partial charge >= 0.3 is 0 Å². The number of likely N-dealkylation sites (tertiary alicyclic amines) is 1. The normalized spacial score (nSPS) is 17.8. The molecule has 2 aliphatic rings. The summed E-state index contributed by atoms with van der Waals surface area (Å²) in [6, 6.07) is 18.2. The van der Waals surface area contributed by atoms with Gasteiger partial charge in [-0.25, -0.2) is 0 Å². The molecule has 6 nitrogen and oxygen atoms in total. The van der Waals surface area contributed by atoms with Crippen molar-refractivity contribution in [2.45, 2.75) is 38.3 Å². The van der Waals surface area contributed by atoms with Crippen molar-refractivity contribution in [3.8, 4) is 0 Å². The van der Waals surface area contributed by atoms with Crippen molar-refractivity contribution in [3.05, 3.63) is 71.3 Å². The molecule has 0 atom stereocenters. The maximum absolute atomic E-state index is 13.0. The summed E-state index contributed by atoms with van der Waals surface area (Å²) >= 11 is 0. The number of benzene rings is 2. The van der Waals surface area contributed by atoms with Gasteiger partial charge in [0.1, 0.15) is 0 Å². The van der Waals surface area contributed by atoms with E-state index in [0.717, 1.165) is 57.7 Å². The summed E-state index contributed by atoms with van der Waals surface area (Å²) in [4.78, 5) is 29.6. The fourth-order valence-corrected chi connectivity index (χ4v) is 4.43. The largest absolute Gasteiger partial charge is 0.379 e. The van der Waals surface area contributed by atoms with Gasteiger partial charge in [0.25, 0.3) is 5.91 Å². The number of rotatable bonds is 7. The summed E-state index contributed by atoms with van der Waals surface area (Å²) in [7, 11) is 0. The third-order valence-corrected chi connectivity index (χ3v) is 6.31. The van der Waals surface area contributed by atoms with Crippen LogP contribution in [0.5, 0.6) is 0 Å². The van der Waals surface area contributed by atoms with E-state index in [1.54, 1.807) is 0 Å². The summed E-state index contributed by atoms with van der Waals surface area (Å²) in [5, 5.41) is 3.15. The van der Waals surface area contributed by atoms with E-state index in [9.17, 15) is 9.59 Å². The van der Waals surface area contributed by atoms with E-state index in [1.807, 2.05) is 53.4 Å². The van der Waals surface area contributed by atoms with Crippen molar-refractivity contribution in [1.29, 1.82) is 0 Å². The van der Waals surface area contributed by atoms with Gasteiger partial charge in [0, 0.05) is 50.7 Å². The van der Waals surface area contributed by atoms with Crippen molar-refractivity contribution < 1.29 is 14.3 Å². The van der Waals surface area contributed by atoms with Crippen LogP contribution >= 0.6 is 0 Å². The second-order valence-electron chi connectivity index (χ2n) is 8.71. The minimum Gasteiger partial charge on any atom is -0.379 e. The molecule has 2 saturated heterocycles. The monoisotopic (exact) mass is 435 g/mol. The summed E-state index contributed by atoms with van der Waals surface area (Å²) in [6.45, 7) is 5.62. The standard InChI is InChI=1S/C26H33N3O3/c30-25(10-9-21-5-2-1-3-6-21)27-24-11-13-29(14-12-24)26(31)23-8-4-7-22(19-23)20-28-15-17-32-18-16-28/h1-8,19,24H,9-18,20H2,(H,27,30). The van der Waals surface area contributed by atoms with Gasteiger partial charge < -0.3 is 15.0 Å². The Morgan fingerprint density at radius 2 is 1.62 bits per heavy atom. The van der Waals surface area contributed by atoms with E-state index in [4.69, 9.17) is 4.74 Å². The summed E-state index contributed by atoms with van der Waals surface area (Å²) in [6.07, 6.45) is 2.86. The Hall–Kier alpha value is -2.70. The molecule has 32 heavy (non-hydrogen) atoms. The molecule has 0 unspecified atom stereocenters. The predicted octanol–water partition coefficient (Wildman–Crippen LogP) is 2.87. The van der Waals surface area contributed by atoms with E-state index in [0.29, 0.717) is 19.5 Å². The van der Waals surface area contributed by atoms with Crippen molar-refractivity contribution >= 4 is 11.8 Å². The second kappa shape index (κ2) is 11.2. The maximum Gasteiger partial charge on any atom is 0.253 e. The van der Waals surface area contributed by atoms with E-state index in [2.05, 4.69) is 16.3 Å². The molecule has 2 fully saturated rings. The van der Waals surface area contributed by atoms with Gasteiger partial charge in [-0.3, -0.25) is 14.5 Å². The highest BCUT2D eigenvalue weighted by atomic mass is 16.5. The van der Waals surface area contributed by atoms with E-state index < -0.39 is 0 Å². The SMILES string of the molecule is O=C(CCc1ccccc1)NC1CCN(C(=O)c2cccc(CN3CCOCC3)c2)CC1. The molecule has 0 aromatic heterocycles. The number of nitrogens with one attached hydrogen (secondary N) is 1. The van der Waals surface area contributed by atoms with Crippen molar-refractivity contribution in [3.63, 3.8) is 0 Å². The number of nitrogens with zero attached hydrogens (tertiary/aromatic N) is 2. The van der Waals surface area contributed by atoms with E-state index in [1.165, 1.54) is 11.1 Å². The van der Waals surface area contributed by atoms with Gasteiger partial charge in [-0.15, -0.1) is 0 Å². The summed E-state index contributed by atoms with van der Waals surface area (Å²) in [5.74, 6) is 0.178. The molecule has 2 aliphatic heterocycles. The van der Waals surface area contributed by atoms with Crippen molar-refractivity contribution in [2.75, 3.05) is 39.4 Å². The molecule has 0 radical (unpaired) electrons.